The van der Waals surface area contributed by atoms with Crippen molar-refractivity contribution in [3.63, 3.8) is 0 Å². The fraction of sp³-hybridized carbons (Fsp3) is 1.00. The first-order valence-corrected chi connectivity index (χ1v) is 8.82. The summed E-state index contributed by atoms with van der Waals surface area (Å²) in [6.45, 7) is -1.76. The number of hydrogen-bond donors (Lipinski definition) is 8. The van der Waals surface area contributed by atoms with Crippen molar-refractivity contribution >= 4 is 0 Å². The fourth-order valence-electron chi connectivity index (χ4n) is 3.43. The lowest BCUT2D eigenvalue weighted by molar-refractivity contribution is -0.259. The summed E-state index contributed by atoms with van der Waals surface area (Å²) >= 11 is 0. The van der Waals surface area contributed by atoms with Gasteiger partial charge in [-0.1, -0.05) is 0 Å². The van der Waals surface area contributed by atoms with Crippen molar-refractivity contribution in [2.24, 2.45) is 0 Å². The summed E-state index contributed by atoms with van der Waals surface area (Å²) in [6.07, 6.45) is -16.3. The Labute approximate surface area is 159 Å². The Hall–Kier alpha value is -0.520. The zero-order chi connectivity index (χ0) is 20.6. The van der Waals surface area contributed by atoms with Crippen molar-refractivity contribution in [3.05, 3.63) is 0 Å². The molecule has 0 aromatic rings. The molecule has 0 aromatic carbocycles. The SMILES string of the molecule is OC[C@H]1O[C@@H](O[C@H]2[C@H](O[C@H]3O[C@H](CO)[C@@H](O)[C@@H]3O)[C@@H](CO)O[C@H]2O)[C@@H](O)[C@@H]1O. The van der Waals surface area contributed by atoms with Crippen molar-refractivity contribution in [1.82, 2.24) is 0 Å². The molecule has 0 aliphatic carbocycles. The molecule has 0 spiro atoms. The number of aliphatic hydroxyl groups excluding tert-OH is 8. The predicted octanol–water partition coefficient (Wildman–Crippen LogP) is -5.66. The van der Waals surface area contributed by atoms with E-state index in [4.69, 9.17) is 33.9 Å². The van der Waals surface area contributed by atoms with Crippen LogP contribution < -0.4 is 0 Å². The quantitative estimate of drug-likeness (QED) is 0.196. The third-order valence-electron chi connectivity index (χ3n) is 5.05. The van der Waals surface area contributed by atoms with Crippen LogP contribution in [0.15, 0.2) is 0 Å². The van der Waals surface area contributed by atoms with Gasteiger partial charge >= 0.3 is 0 Å². The maximum atomic E-state index is 10.1. The summed E-state index contributed by atoms with van der Waals surface area (Å²) in [6, 6.07) is 0. The summed E-state index contributed by atoms with van der Waals surface area (Å²) in [5, 5.41) is 77.5. The van der Waals surface area contributed by atoms with E-state index < -0.39 is 93.6 Å². The van der Waals surface area contributed by atoms with Crippen LogP contribution >= 0.6 is 0 Å². The molecule has 3 heterocycles. The first-order valence-electron chi connectivity index (χ1n) is 8.82. The zero-order valence-electron chi connectivity index (χ0n) is 14.7. The molecule has 3 saturated heterocycles. The molecule has 3 rings (SSSR count). The lowest BCUT2D eigenvalue weighted by Crippen LogP contribution is -2.47. The van der Waals surface area contributed by atoms with E-state index in [2.05, 4.69) is 0 Å². The van der Waals surface area contributed by atoms with Crippen LogP contribution in [-0.4, -0.2) is 134 Å². The van der Waals surface area contributed by atoms with E-state index in [1.807, 2.05) is 0 Å². The van der Waals surface area contributed by atoms with Crippen LogP contribution in [0.25, 0.3) is 0 Å². The van der Waals surface area contributed by atoms with Gasteiger partial charge in [-0.25, -0.2) is 0 Å². The molecular weight excluding hydrogens is 388 g/mol. The highest BCUT2D eigenvalue weighted by Gasteiger charge is 2.53. The molecule has 28 heavy (non-hydrogen) atoms. The Morgan fingerprint density at radius 3 is 1.36 bits per heavy atom. The first kappa shape index (κ1) is 22.2. The largest absolute Gasteiger partial charge is 0.394 e. The average Bonchev–Trinajstić information content (AvgIpc) is 3.25. The number of aliphatic hydroxyl groups is 8. The lowest BCUT2D eigenvalue weighted by atomic mass is 10.1. The summed E-state index contributed by atoms with van der Waals surface area (Å²) in [7, 11) is 0. The van der Waals surface area contributed by atoms with Crippen molar-refractivity contribution in [2.75, 3.05) is 19.8 Å². The van der Waals surface area contributed by atoms with E-state index in [0.717, 1.165) is 0 Å². The normalized spacial score (nSPS) is 51.9. The monoisotopic (exact) mass is 414 g/mol. The summed E-state index contributed by atoms with van der Waals surface area (Å²) in [5.41, 5.74) is 0. The van der Waals surface area contributed by atoms with Crippen LogP contribution in [0.2, 0.25) is 0 Å². The molecule has 0 aromatic heterocycles. The zero-order valence-corrected chi connectivity index (χ0v) is 14.7. The van der Waals surface area contributed by atoms with E-state index in [-0.39, 0.29) is 0 Å². The van der Waals surface area contributed by atoms with Gasteiger partial charge in [0.05, 0.1) is 19.8 Å². The lowest BCUT2D eigenvalue weighted by Gasteiger charge is -2.29. The topological polar surface area (TPSA) is 208 Å². The molecule has 3 aliphatic heterocycles. The Morgan fingerprint density at radius 1 is 0.536 bits per heavy atom. The van der Waals surface area contributed by atoms with Crippen LogP contribution in [-0.2, 0) is 23.7 Å². The molecule has 13 heteroatoms. The second-order valence-corrected chi connectivity index (χ2v) is 6.86. The molecule has 0 radical (unpaired) electrons. The van der Waals surface area contributed by atoms with Crippen LogP contribution in [0.5, 0.6) is 0 Å². The van der Waals surface area contributed by atoms with Crippen molar-refractivity contribution in [2.45, 2.75) is 73.8 Å². The predicted molar refractivity (Wildman–Crippen MR) is 83.2 cm³/mol. The van der Waals surface area contributed by atoms with E-state index in [1.54, 1.807) is 0 Å². The van der Waals surface area contributed by atoms with Gasteiger partial charge in [0.15, 0.2) is 18.9 Å². The summed E-state index contributed by atoms with van der Waals surface area (Å²) in [4.78, 5) is 0. The van der Waals surface area contributed by atoms with E-state index in [9.17, 15) is 30.6 Å². The van der Waals surface area contributed by atoms with E-state index in [1.165, 1.54) is 0 Å². The van der Waals surface area contributed by atoms with E-state index >= 15 is 0 Å². The molecule has 3 fully saturated rings. The second kappa shape index (κ2) is 9.09. The maximum Gasteiger partial charge on any atom is 0.187 e. The number of rotatable bonds is 7. The van der Waals surface area contributed by atoms with Crippen molar-refractivity contribution in [3.8, 4) is 0 Å². The summed E-state index contributed by atoms with van der Waals surface area (Å²) in [5.74, 6) is 0. The molecular formula is C15H26O13. The highest BCUT2D eigenvalue weighted by molar-refractivity contribution is 4.94. The van der Waals surface area contributed by atoms with Gasteiger partial charge in [0.2, 0.25) is 0 Å². The Kier molecular flexibility index (Phi) is 7.20. The molecule has 164 valence electrons. The third kappa shape index (κ3) is 4.04. The standard InChI is InChI=1S/C15H26O13/c16-1-4-7(19)9(21)14(25-4)27-11-6(3-18)24-13(23)12(11)28-15-10(22)8(20)5(2-17)26-15/h4-23H,1-3H2/t4-,5-,6-,7-,8-,9+,10+,11-,12+,13-,14-,15+/m1/s1. The maximum absolute atomic E-state index is 10.1. The molecule has 0 unspecified atom stereocenters. The number of hydrogen-bond acceptors (Lipinski definition) is 13. The van der Waals surface area contributed by atoms with Crippen LogP contribution in [0, 0.1) is 0 Å². The van der Waals surface area contributed by atoms with Gasteiger partial charge in [-0.2, -0.15) is 0 Å². The molecule has 0 saturated carbocycles. The van der Waals surface area contributed by atoms with Crippen molar-refractivity contribution < 1.29 is 64.5 Å². The first-order chi connectivity index (χ1) is 13.3. The minimum absolute atomic E-state index is 0.576. The van der Waals surface area contributed by atoms with Gasteiger partial charge in [-0.15, -0.1) is 0 Å². The Morgan fingerprint density at radius 2 is 0.964 bits per heavy atom. The highest BCUT2D eigenvalue weighted by atomic mass is 16.8. The van der Waals surface area contributed by atoms with Gasteiger partial charge < -0.3 is 64.5 Å². The molecule has 0 bridgehead atoms. The van der Waals surface area contributed by atoms with Crippen molar-refractivity contribution in [1.29, 1.82) is 0 Å². The average molecular weight is 414 g/mol. The minimum Gasteiger partial charge on any atom is -0.394 e. The van der Waals surface area contributed by atoms with Gasteiger partial charge in [-0.05, 0) is 0 Å². The Balaban J connectivity index is 1.70. The molecule has 12 atom stereocenters. The van der Waals surface area contributed by atoms with Crippen LogP contribution in [0.4, 0.5) is 0 Å². The smallest absolute Gasteiger partial charge is 0.187 e. The number of ether oxygens (including phenoxy) is 5. The second-order valence-electron chi connectivity index (χ2n) is 6.86. The third-order valence-corrected chi connectivity index (χ3v) is 5.05. The Bertz CT molecular complexity index is 508. The highest BCUT2D eigenvalue weighted by Crippen LogP contribution is 2.33. The molecule has 13 nitrogen and oxygen atoms in total. The van der Waals surface area contributed by atoms with Gasteiger partial charge in [0.25, 0.3) is 0 Å². The molecule has 8 N–H and O–H groups in total. The summed E-state index contributed by atoms with van der Waals surface area (Å²) < 4.78 is 26.6. The van der Waals surface area contributed by atoms with Crippen LogP contribution in [0.3, 0.4) is 0 Å². The van der Waals surface area contributed by atoms with Crippen LogP contribution in [0.1, 0.15) is 0 Å². The molecule has 3 aliphatic rings. The van der Waals surface area contributed by atoms with Gasteiger partial charge in [0.1, 0.15) is 54.9 Å². The van der Waals surface area contributed by atoms with Gasteiger partial charge in [0, 0.05) is 0 Å². The van der Waals surface area contributed by atoms with Gasteiger partial charge in [-0.3, -0.25) is 0 Å². The molecule has 0 amide bonds. The minimum atomic E-state index is -1.62. The fourth-order valence-corrected chi connectivity index (χ4v) is 3.43. The van der Waals surface area contributed by atoms with E-state index in [0.29, 0.717) is 0 Å².